The normalized spacial score (nSPS) is 23.2. The Hall–Kier alpha value is -1.90. The summed E-state index contributed by atoms with van der Waals surface area (Å²) in [6.45, 7) is 3.37. The highest BCUT2D eigenvalue weighted by Crippen LogP contribution is 2.71. The van der Waals surface area contributed by atoms with Crippen LogP contribution in [0.5, 0.6) is 0 Å². The molecule has 0 aliphatic heterocycles. The minimum atomic E-state index is -6.87. The molecule has 0 saturated heterocycles. The van der Waals surface area contributed by atoms with Crippen LogP contribution in [0.1, 0.15) is 27.7 Å². The van der Waals surface area contributed by atoms with Gasteiger partial charge in [0.25, 0.3) is 0 Å². The Morgan fingerprint density at radius 2 is 0.469 bits per heavy atom. The van der Waals surface area contributed by atoms with Gasteiger partial charge in [0.15, 0.2) is 0 Å². The largest absolute Gasteiger partial charge is 0.384 e. The first kappa shape index (κ1) is 30.1. The maximum atomic E-state index is 13.1. The molecule has 0 nitrogen and oxygen atoms in total. The van der Waals surface area contributed by atoms with E-state index in [9.17, 15) is 70.2 Å². The van der Waals surface area contributed by atoms with E-state index in [1.165, 1.54) is 0 Å². The summed E-state index contributed by atoms with van der Waals surface area (Å²) in [5.74, 6) is -46.3. The summed E-state index contributed by atoms with van der Waals surface area (Å²) in [4.78, 5) is 0. The van der Waals surface area contributed by atoms with Crippen LogP contribution in [0.3, 0.4) is 0 Å². The number of hydrogen-bond donors (Lipinski definition) is 0. The summed E-state index contributed by atoms with van der Waals surface area (Å²) in [7, 11) is 0. The molecule has 1 aliphatic rings. The van der Waals surface area contributed by atoms with E-state index < -0.39 is 69.9 Å². The average molecular weight is 508 g/mol. The second-order valence-electron chi connectivity index (χ2n) is 6.38. The Balaban J connectivity index is 0.000000595. The molecular weight excluding hydrogens is 496 g/mol. The number of benzene rings is 1. The Morgan fingerprint density at radius 1 is 0.344 bits per heavy atom. The monoisotopic (exact) mass is 508 g/mol. The first-order chi connectivity index (χ1) is 14.0. The van der Waals surface area contributed by atoms with Crippen LogP contribution in [0.2, 0.25) is 0 Å². The molecule has 0 radical (unpaired) electrons. The molecule has 0 heterocycles. The fraction of sp³-hybridized carbons (Fsp3) is 0.625. The lowest BCUT2D eigenvalue weighted by atomic mass is 9.65. The van der Waals surface area contributed by atoms with Crippen molar-refractivity contribution in [2.24, 2.45) is 5.41 Å². The molecule has 16 heteroatoms. The number of hydrogen-bond acceptors (Lipinski definition) is 0. The fourth-order valence-corrected chi connectivity index (χ4v) is 2.15. The predicted octanol–water partition coefficient (Wildman–Crippen LogP) is 7.75. The van der Waals surface area contributed by atoms with Crippen molar-refractivity contribution in [2.75, 3.05) is 0 Å². The van der Waals surface area contributed by atoms with Crippen molar-refractivity contribution < 1.29 is 70.2 Å². The van der Waals surface area contributed by atoms with Crippen LogP contribution >= 0.6 is 0 Å². The van der Waals surface area contributed by atoms with Crippen molar-refractivity contribution in [1.29, 1.82) is 0 Å². The Labute approximate surface area is 169 Å². The van der Waals surface area contributed by atoms with Gasteiger partial charge in [0.05, 0.1) is 0 Å². The molecule has 1 aromatic rings. The molecule has 0 unspecified atom stereocenters. The van der Waals surface area contributed by atoms with Gasteiger partial charge in [0.2, 0.25) is 34.9 Å². The van der Waals surface area contributed by atoms with E-state index >= 15 is 0 Å². The van der Waals surface area contributed by atoms with Gasteiger partial charge in [-0.3, -0.25) is 0 Å². The molecule has 188 valence electrons. The van der Waals surface area contributed by atoms with Crippen LogP contribution < -0.4 is 0 Å². The highest BCUT2D eigenvalue weighted by molar-refractivity contribution is 5.22. The van der Waals surface area contributed by atoms with Crippen LogP contribution in [0.15, 0.2) is 0 Å². The zero-order chi connectivity index (χ0) is 26.5. The minimum Gasteiger partial charge on any atom is -0.200 e. The highest BCUT2D eigenvalue weighted by atomic mass is 19.4. The molecule has 1 aromatic carbocycles. The quantitative estimate of drug-likeness (QED) is 0.191. The zero-order valence-electron chi connectivity index (χ0n) is 16.0. The standard InChI is InChI=1S/C8H6F10.C6F6.C2H6/c1-3(2)4(9,10)6(13,14)8(17,18)7(15,16)5(3,11)12;7-1-2(8)4(10)6(12)5(11)3(1)9;1-2/h1-2H3;;1-2H3. The van der Waals surface area contributed by atoms with Crippen molar-refractivity contribution in [3.8, 4) is 0 Å². The van der Waals surface area contributed by atoms with Gasteiger partial charge in [0, 0.05) is 0 Å². The van der Waals surface area contributed by atoms with Crippen LogP contribution in [0.25, 0.3) is 0 Å². The first-order valence-electron chi connectivity index (χ1n) is 8.02. The maximum Gasteiger partial charge on any atom is 0.384 e. The van der Waals surface area contributed by atoms with E-state index in [-0.39, 0.29) is 13.8 Å². The fourth-order valence-electron chi connectivity index (χ4n) is 2.15. The maximum absolute atomic E-state index is 13.1. The number of halogens is 16. The lowest BCUT2D eigenvalue weighted by Gasteiger charge is -2.53. The van der Waals surface area contributed by atoms with E-state index in [2.05, 4.69) is 0 Å². The molecular formula is C16H12F16. The molecule has 32 heavy (non-hydrogen) atoms. The van der Waals surface area contributed by atoms with Gasteiger partial charge in [0.1, 0.15) is 5.41 Å². The van der Waals surface area contributed by atoms with Crippen molar-refractivity contribution in [3.63, 3.8) is 0 Å². The van der Waals surface area contributed by atoms with Gasteiger partial charge in [-0.2, -0.15) is 43.9 Å². The van der Waals surface area contributed by atoms with Gasteiger partial charge < -0.3 is 0 Å². The van der Waals surface area contributed by atoms with E-state index in [0.29, 0.717) is 0 Å². The third-order valence-corrected chi connectivity index (χ3v) is 4.30. The van der Waals surface area contributed by atoms with Crippen LogP contribution in [0.4, 0.5) is 70.2 Å². The highest BCUT2D eigenvalue weighted by Gasteiger charge is 2.97. The summed E-state index contributed by atoms with van der Waals surface area (Å²) in [6.07, 6.45) is 0. The predicted molar refractivity (Wildman–Crippen MR) is 76.1 cm³/mol. The Bertz CT molecular complexity index is 617. The third kappa shape index (κ3) is 3.56. The zero-order valence-corrected chi connectivity index (χ0v) is 16.0. The molecule has 0 amide bonds. The smallest absolute Gasteiger partial charge is 0.200 e. The molecule has 0 N–H and O–H groups in total. The molecule has 2 rings (SSSR count). The molecule has 0 bridgehead atoms. The van der Waals surface area contributed by atoms with Gasteiger partial charge in [-0.1, -0.05) is 13.8 Å². The summed E-state index contributed by atoms with van der Waals surface area (Å²) in [5.41, 5.74) is -4.35. The number of alkyl halides is 10. The Kier molecular flexibility index (Phi) is 7.96. The van der Waals surface area contributed by atoms with Crippen molar-refractivity contribution in [3.05, 3.63) is 34.9 Å². The third-order valence-electron chi connectivity index (χ3n) is 4.30. The second kappa shape index (κ2) is 8.47. The Morgan fingerprint density at radius 3 is 0.625 bits per heavy atom. The summed E-state index contributed by atoms with van der Waals surface area (Å²) in [5, 5.41) is 0. The van der Waals surface area contributed by atoms with Crippen LogP contribution in [0, 0.1) is 40.3 Å². The topological polar surface area (TPSA) is 0 Å². The van der Waals surface area contributed by atoms with Crippen LogP contribution in [-0.2, 0) is 0 Å². The summed E-state index contributed by atoms with van der Waals surface area (Å²) in [6, 6.07) is 0. The van der Waals surface area contributed by atoms with E-state index in [1.54, 1.807) is 0 Å². The molecule has 1 fully saturated rings. The van der Waals surface area contributed by atoms with Gasteiger partial charge in [-0.05, 0) is 13.8 Å². The van der Waals surface area contributed by atoms with E-state index in [1.807, 2.05) is 13.8 Å². The van der Waals surface area contributed by atoms with Crippen molar-refractivity contribution in [1.82, 2.24) is 0 Å². The average Bonchev–Trinajstić information content (AvgIpc) is 2.69. The molecule has 1 saturated carbocycles. The van der Waals surface area contributed by atoms with Crippen molar-refractivity contribution >= 4 is 0 Å². The summed E-state index contributed by atoms with van der Waals surface area (Å²) < 4.78 is 201. The van der Waals surface area contributed by atoms with Gasteiger partial charge in [-0.25, -0.2) is 26.3 Å². The lowest BCUT2D eigenvalue weighted by Crippen LogP contribution is -2.80. The SMILES string of the molecule is CC.CC1(C)C(F)(F)C(F)(F)C(F)(F)C(F)(F)C1(F)F.Fc1c(F)c(F)c(F)c(F)c1F. The molecule has 0 spiro atoms. The summed E-state index contributed by atoms with van der Waals surface area (Å²) >= 11 is 0. The van der Waals surface area contributed by atoms with E-state index in [4.69, 9.17) is 0 Å². The first-order valence-corrected chi connectivity index (χ1v) is 8.02. The van der Waals surface area contributed by atoms with Gasteiger partial charge in [-0.15, -0.1) is 0 Å². The van der Waals surface area contributed by atoms with E-state index in [0.717, 1.165) is 0 Å². The molecule has 0 aromatic heterocycles. The number of rotatable bonds is 0. The van der Waals surface area contributed by atoms with Crippen molar-refractivity contribution in [2.45, 2.75) is 57.3 Å². The lowest BCUT2D eigenvalue weighted by molar-refractivity contribution is -0.482. The van der Waals surface area contributed by atoms with Crippen LogP contribution in [-0.4, -0.2) is 29.6 Å². The van der Waals surface area contributed by atoms with Gasteiger partial charge >= 0.3 is 29.6 Å². The second-order valence-corrected chi connectivity index (χ2v) is 6.38. The molecule has 1 aliphatic carbocycles. The molecule has 0 atom stereocenters. The minimum absolute atomic E-state index is 0.315.